The van der Waals surface area contributed by atoms with Crippen LogP contribution in [0.2, 0.25) is 0 Å². The van der Waals surface area contributed by atoms with Gasteiger partial charge in [-0.2, -0.15) is 0 Å². The van der Waals surface area contributed by atoms with Crippen molar-refractivity contribution in [1.82, 2.24) is 0 Å². The fourth-order valence-electron chi connectivity index (χ4n) is 4.45. The van der Waals surface area contributed by atoms with Crippen molar-refractivity contribution in [2.75, 3.05) is 13.2 Å². The Morgan fingerprint density at radius 1 is 0.950 bits per heavy atom. The molecule has 0 spiro atoms. The van der Waals surface area contributed by atoms with E-state index in [4.69, 9.17) is 4.74 Å². The molecule has 0 N–H and O–H groups in total. The lowest BCUT2D eigenvalue weighted by molar-refractivity contribution is 0.0492. The molecule has 0 radical (unpaired) electrons. The number of rotatable bonds is 4. The van der Waals surface area contributed by atoms with Gasteiger partial charge in [-0.05, 0) is 74.7 Å². The lowest BCUT2D eigenvalue weighted by Crippen LogP contribution is -2.32. The molecule has 0 heterocycles. The van der Waals surface area contributed by atoms with E-state index in [2.05, 4.69) is 37.3 Å². The van der Waals surface area contributed by atoms with Gasteiger partial charge in [-0.3, -0.25) is 0 Å². The molecule has 20 heavy (non-hydrogen) atoms. The summed E-state index contributed by atoms with van der Waals surface area (Å²) in [5, 5.41) is 0. The van der Waals surface area contributed by atoms with Gasteiger partial charge in [0, 0.05) is 13.2 Å². The molecule has 2 aliphatic rings. The summed E-state index contributed by atoms with van der Waals surface area (Å²) in [5.74, 6) is 3.62. The van der Waals surface area contributed by atoms with Gasteiger partial charge in [-0.1, -0.05) is 30.3 Å². The van der Waals surface area contributed by atoms with E-state index in [0.717, 1.165) is 36.9 Å². The van der Waals surface area contributed by atoms with Crippen molar-refractivity contribution in [2.45, 2.75) is 51.4 Å². The zero-order valence-corrected chi connectivity index (χ0v) is 12.8. The molecule has 0 aliphatic heterocycles. The average molecular weight is 272 g/mol. The van der Waals surface area contributed by atoms with Gasteiger partial charge in [0.1, 0.15) is 0 Å². The third kappa shape index (κ3) is 3.25. The lowest BCUT2D eigenvalue weighted by atomic mass is 9.64. The van der Waals surface area contributed by atoms with Gasteiger partial charge in [-0.25, -0.2) is 0 Å². The Kier molecular flexibility index (Phi) is 4.77. The molecule has 4 unspecified atom stereocenters. The first-order valence-corrected chi connectivity index (χ1v) is 8.49. The molecule has 2 aliphatic carbocycles. The van der Waals surface area contributed by atoms with Gasteiger partial charge in [-0.15, -0.1) is 0 Å². The topological polar surface area (TPSA) is 9.23 Å². The summed E-state index contributed by atoms with van der Waals surface area (Å²) in [5.41, 5.74) is 1.57. The summed E-state index contributed by atoms with van der Waals surface area (Å²) in [6, 6.07) is 11.2. The van der Waals surface area contributed by atoms with Crippen LogP contribution in [0.1, 0.15) is 56.9 Å². The van der Waals surface area contributed by atoms with Crippen LogP contribution in [0.25, 0.3) is 0 Å². The van der Waals surface area contributed by atoms with Crippen molar-refractivity contribution in [3.05, 3.63) is 35.9 Å². The summed E-state index contributed by atoms with van der Waals surface area (Å²) >= 11 is 0. The molecule has 3 rings (SSSR count). The van der Waals surface area contributed by atoms with Crippen LogP contribution in [0.4, 0.5) is 0 Å². The van der Waals surface area contributed by atoms with Gasteiger partial charge >= 0.3 is 0 Å². The highest BCUT2D eigenvalue weighted by molar-refractivity contribution is 5.20. The molecule has 110 valence electrons. The van der Waals surface area contributed by atoms with Gasteiger partial charge in [0.25, 0.3) is 0 Å². The predicted octanol–water partition coefficient (Wildman–Crippen LogP) is 5.02. The SMILES string of the molecule is CCOCC1CCC2CC(c3ccccc3)CCC2C1. The molecule has 2 saturated carbocycles. The van der Waals surface area contributed by atoms with Crippen LogP contribution in [0, 0.1) is 17.8 Å². The van der Waals surface area contributed by atoms with Crippen molar-refractivity contribution in [3.8, 4) is 0 Å². The Morgan fingerprint density at radius 2 is 1.70 bits per heavy atom. The van der Waals surface area contributed by atoms with Gasteiger partial charge < -0.3 is 4.74 Å². The summed E-state index contributed by atoms with van der Waals surface area (Å²) in [6.07, 6.45) is 8.51. The Labute approximate surface area is 123 Å². The van der Waals surface area contributed by atoms with Crippen molar-refractivity contribution >= 4 is 0 Å². The summed E-state index contributed by atoms with van der Waals surface area (Å²) in [7, 11) is 0. The lowest BCUT2D eigenvalue weighted by Gasteiger charge is -2.42. The second-order valence-corrected chi connectivity index (χ2v) is 6.78. The van der Waals surface area contributed by atoms with Crippen molar-refractivity contribution < 1.29 is 4.74 Å². The monoisotopic (exact) mass is 272 g/mol. The molecule has 1 aromatic carbocycles. The molecule has 1 nitrogen and oxygen atoms in total. The maximum atomic E-state index is 5.64. The molecule has 0 amide bonds. The smallest absolute Gasteiger partial charge is 0.0494 e. The van der Waals surface area contributed by atoms with E-state index >= 15 is 0 Å². The second-order valence-electron chi connectivity index (χ2n) is 6.78. The second kappa shape index (κ2) is 6.76. The molecule has 0 bridgehead atoms. The highest BCUT2D eigenvalue weighted by Gasteiger charge is 2.35. The van der Waals surface area contributed by atoms with Crippen LogP contribution in [0.15, 0.2) is 30.3 Å². The van der Waals surface area contributed by atoms with Gasteiger partial charge in [0.15, 0.2) is 0 Å². The quantitative estimate of drug-likeness (QED) is 0.747. The third-order valence-electron chi connectivity index (χ3n) is 5.55. The van der Waals surface area contributed by atoms with Gasteiger partial charge in [0.2, 0.25) is 0 Å². The first-order valence-electron chi connectivity index (χ1n) is 8.49. The number of ether oxygens (including phenoxy) is 1. The Morgan fingerprint density at radius 3 is 2.50 bits per heavy atom. The maximum Gasteiger partial charge on any atom is 0.0494 e. The normalized spacial score (nSPS) is 33.6. The first-order chi connectivity index (χ1) is 9.86. The van der Waals surface area contributed by atoms with E-state index in [9.17, 15) is 0 Å². The summed E-state index contributed by atoms with van der Waals surface area (Å²) < 4.78 is 5.64. The van der Waals surface area contributed by atoms with Gasteiger partial charge in [0.05, 0.1) is 0 Å². The van der Waals surface area contributed by atoms with Crippen LogP contribution in [0.5, 0.6) is 0 Å². The fourth-order valence-corrected chi connectivity index (χ4v) is 4.45. The van der Waals surface area contributed by atoms with Crippen molar-refractivity contribution in [3.63, 3.8) is 0 Å². The molecule has 1 heteroatoms. The Bertz CT molecular complexity index is 399. The zero-order chi connectivity index (χ0) is 13.8. The Balaban J connectivity index is 1.56. The zero-order valence-electron chi connectivity index (χ0n) is 12.8. The molecule has 0 aromatic heterocycles. The van der Waals surface area contributed by atoms with Crippen molar-refractivity contribution in [1.29, 1.82) is 0 Å². The van der Waals surface area contributed by atoms with E-state index in [1.54, 1.807) is 5.56 Å². The highest BCUT2D eigenvalue weighted by atomic mass is 16.5. The summed E-state index contributed by atoms with van der Waals surface area (Å²) in [4.78, 5) is 0. The molecule has 1 aromatic rings. The molecule has 2 fully saturated rings. The van der Waals surface area contributed by atoms with Crippen LogP contribution in [-0.4, -0.2) is 13.2 Å². The first kappa shape index (κ1) is 14.1. The molecular weight excluding hydrogens is 244 g/mol. The van der Waals surface area contributed by atoms with E-state index in [0.29, 0.717) is 0 Å². The van der Waals surface area contributed by atoms with E-state index in [-0.39, 0.29) is 0 Å². The van der Waals surface area contributed by atoms with Crippen LogP contribution in [-0.2, 0) is 4.74 Å². The summed E-state index contributed by atoms with van der Waals surface area (Å²) in [6.45, 7) is 3.99. The van der Waals surface area contributed by atoms with Crippen LogP contribution in [0.3, 0.4) is 0 Å². The minimum Gasteiger partial charge on any atom is -0.381 e. The van der Waals surface area contributed by atoms with E-state index < -0.39 is 0 Å². The fraction of sp³-hybridized carbons (Fsp3) is 0.684. The minimum atomic E-state index is 0.820. The Hall–Kier alpha value is -0.820. The highest BCUT2D eigenvalue weighted by Crippen LogP contribution is 2.47. The van der Waals surface area contributed by atoms with E-state index in [1.807, 2.05) is 0 Å². The average Bonchev–Trinajstić information content (AvgIpc) is 2.53. The third-order valence-corrected chi connectivity index (χ3v) is 5.55. The number of benzene rings is 1. The molecule has 4 atom stereocenters. The number of hydrogen-bond donors (Lipinski definition) is 0. The molecule has 0 saturated heterocycles. The van der Waals surface area contributed by atoms with Crippen molar-refractivity contribution in [2.24, 2.45) is 17.8 Å². The standard InChI is InChI=1S/C19H28O/c1-2-20-14-15-8-9-19-13-18(11-10-17(19)12-15)16-6-4-3-5-7-16/h3-7,15,17-19H,2,8-14H2,1H3. The minimum absolute atomic E-state index is 0.820. The molecular formula is C19H28O. The largest absolute Gasteiger partial charge is 0.381 e. The predicted molar refractivity (Wildman–Crippen MR) is 83.8 cm³/mol. The maximum absolute atomic E-state index is 5.64. The number of hydrogen-bond acceptors (Lipinski definition) is 1. The van der Waals surface area contributed by atoms with Crippen LogP contribution >= 0.6 is 0 Å². The number of fused-ring (bicyclic) bond motifs is 1. The van der Waals surface area contributed by atoms with Crippen LogP contribution < -0.4 is 0 Å². The van der Waals surface area contributed by atoms with E-state index in [1.165, 1.54) is 38.5 Å².